The van der Waals surface area contributed by atoms with E-state index in [1.807, 2.05) is 0 Å². The molecule has 1 aromatic heterocycles. The SMILES string of the molecule is NCc1cc(Cl)cnc1OC(F)(F)F. The summed E-state index contributed by atoms with van der Waals surface area (Å²) < 4.78 is 39.1. The van der Waals surface area contributed by atoms with Crippen molar-refractivity contribution >= 4 is 11.6 Å². The predicted octanol–water partition coefficient (Wildman–Crippen LogP) is 2.09. The fourth-order valence-electron chi connectivity index (χ4n) is 0.816. The zero-order valence-corrected chi connectivity index (χ0v) is 7.56. The third-order valence-electron chi connectivity index (χ3n) is 1.32. The maximum absolute atomic E-state index is 11.8. The molecule has 7 heteroatoms. The summed E-state index contributed by atoms with van der Waals surface area (Å²) in [6, 6.07) is 1.27. The van der Waals surface area contributed by atoms with Gasteiger partial charge >= 0.3 is 6.36 Å². The minimum Gasteiger partial charge on any atom is -0.388 e. The van der Waals surface area contributed by atoms with E-state index in [1.54, 1.807) is 0 Å². The van der Waals surface area contributed by atoms with E-state index in [0.29, 0.717) is 0 Å². The first-order valence-electron chi connectivity index (χ1n) is 3.52. The first-order chi connectivity index (χ1) is 6.42. The van der Waals surface area contributed by atoms with Gasteiger partial charge in [0.05, 0.1) is 5.02 Å². The highest BCUT2D eigenvalue weighted by molar-refractivity contribution is 6.30. The molecule has 1 rings (SSSR count). The van der Waals surface area contributed by atoms with Crippen LogP contribution >= 0.6 is 11.6 Å². The van der Waals surface area contributed by atoms with Gasteiger partial charge in [0.2, 0.25) is 5.88 Å². The maximum atomic E-state index is 11.8. The Bertz CT molecular complexity index is 329. The highest BCUT2D eigenvalue weighted by Gasteiger charge is 2.32. The first-order valence-corrected chi connectivity index (χ1v) is 3.90. The monoisotopic (exact) mass is 226 g/mol. The zero-order valence-electron chi connectivity index (χ0n) is 6.81. The second kappa shape index (κ2) is 4.02. The number of nitrogens with zero attached hydrogens (tertiary/aromatic N) is 1. The topological polar surface area (TPSA) is 48.1 Å². The van der Waals surface area contributed by atoms with Crippen molar-refractivity contribution in [3.8, 4) is 5.88 Å². The number of ether oxygens (including phenoxy) is 1. The van der Waals surface area contributed by atoms with E-state index in [4.69, 9.17) is 17.3 Å². The first kappa shape index (κ1) is 11.1. The average Bonchev–Trinajstić information content (AvgIpc) is 2.06. The highest BCUT2D eigenvalue weighted by atomic mass is 35.5. The fraction of sp³-hybridized carbons (Fsp3) is 0.286. The van der Waals surface area contributed by atoms with E-state index in [2.05, 4.69) is 9.72 Å². The van der Waals surface area contributed by atoms with Gasteiger partial charge in [0.15, 0.2) is 0 Å². The maximum Gasteiger partial charge on any atom is 0.574 e. The van der Waals surface area contributed by atoms with Crippen molar-refractivity contribution in [2.45, 2.75) is 12.9 Å². The van der Waals surface area contributed by atoms with Gasteiger partial charge < -0.3 is 10.5 Å². The molecule has 2 N–H and O–H groups in total. The summed E-state index contributed by atoms with van der Waals surface area (Å²) in [5.41, 5.74) is 5.30. The number of aromatic nitrogens is 1. The zero-order chi connectivity index (χ0) is 10.8. The van der Waals surface area contributed by atoms with Crippen molar-refractivity contribution in [3.05, 3.63) is 22.8 Å². The van der Waals surface area contributed by atoms with Crippen LogP contribution in [0.2, 0.25) is 5.02 Å². The van der Waals surface area contributed by atoms with E-state index in [1.165, 1.54) is 6.07 Å². The van der Waals surface area contributed by atoms with Crippen LogP contribution in [-0.2, 0) is 6.54 Å². The van der Waals surface area contributed by atoms with Crippen LogP contribution in [0.3, 0.4) is 0 Å². The Hall–Kier alpha value is -1.01. The van der Waals surface area contributed by atoms with E-state index >= 15 is 0 Å². The van der Waals surface area contributed by atoms with E-state index in [-0.39, 0.29) is 17.1 Å². The molecule has 0 saturated heterocycles. The highest BCUT2D eigenvalue weighted by Crippen LogP contribution is 2.25. The molecule has 0 unspecified atom stereocenters. The van der Waals surface area contributed by atoms with Gasteiger partial charge in [0.1, 0.15) is 0 Å². The van der Waals surface area contributed by atoms with Crippen molar-refractivity contribution in [2.24, 2.45) is 5.73 Å². The van der Waals surface area contributed by atoms with Crippen LogP contribution in [-0.4, -0.2) is 11.3 Å². The molecule has 0 atom stereocenters. The second-order valence-electron chi connectivity index (χ2n) is 2.37. The van der Waals surface area contributed by atoms with Gasteiger partial charge in [-0.05, 0) is 6.07 Å². The lowest BCUT2D eigenvalue weighted by Crippen LogP contribution is -2.19. The van der Waals surface area contributed by atoms with Crippen LogP contribution in [0.5, 0.6) is 5.88 Å². The van der Waals surface area contributed by atoms with Gasteiger partial charge in [0.25, 0.3) is 0 Å². The van der Waals surface area contributed by atoms with E-state index in [0.717, 1.165) is 6.20 Å². The van der Waals surface area contributed by atoms with Crippen LogP contribution < -0.4 is 10.5 Å². The summed E-state index contributed by atoms with van der Waals surface area (Å²) in [6.07, 6.45) is -3.72. The summed E-state index contributed by atoms with van der Waals surface area (Å²) in [4.78, 5) is 3.38. The average molecular weight is 227 g/mol. The molecule has 78 valence electrons. The molecule has 0 spiro atoms. The Morgan fingerprint density at radius 3 is 2.64 bits per heavy atom. The minimum atomic E-state index is -4.77. The van der Waals surface area contributed by atoms with Crippen molar-refractivity contribution in [2.75, 3.05) is 0 Å². The van der Waals surface area contributed by atoms with Crippen molar-refractivity contribution in [3.63, 3.8) is 0 Å². The van der Waals surface area contributed by atoms with Crippen LogP contribution in [0.4, 0.5) is 13.2 Å². The molecule has 0 aliphatic carbocycles. The number of halogens is 4. The van der Waals surface area contributed by atoms with Gasteiger partial charge in [-0.3, -0.25) is 0 Å². The summed E-state index contributed by atoms with van der Waals surface area (Å²) >= 11 is 5.51. The largest absolute Gasteiger partial charge is 0.574 e. The summed E-state index contributed by atoms with van der Waals surface area (Å²) in [5.74, 6) is -0.565. The quantitative estimate of drug-likeness (QED) is 0.840. The molecule has 0 fully saturated rings. The Morgan fingerprint density at radius 2 is 2.14 bits per heavy atom. The van der Waals surface area contributed by atoms with Crippen LogP contribution in [0, 0.1) is 0 Å². The second-order valence-corrected chi connectivity index (χ2v) is 2.81. The molecule has 0 aliphatic heterocycles. The lowest BCUT2D eigenvalue weighted by molar-refractivity contribution is -0.276. The Balaban J connectivity index is 2.97. The number of pyridine rings is 1. The van der Waals surface area contributed by atoms with Gasteiger partial charge in [-0.15, -0.1) is 13.2 Å². The Kier molecular flexibility index (Phi) is 3.17. The molecule has 0 saturated carbocycles. The number of hydrogen-bond donors (Lipinski definition) is 1. The smallest absolute Gasteiger partial charge is 0.388 e. The molecule has 1 aromatic rings. The fourth-order valence-corrected chi connectivity index (χ4v) is 0.997. The third kappa shape index (κ3) is 3.04. The molecular weight excluding hydrogens is 221 g/mol. The summed E-state index contributed by atoms with van der Waals surface area (Å²) in [5, 5.41) is 0.208. The third-order valence-corrected chi connectivity index (χ3v) is 1.53. The molecule has 0 radical (unpaired) electrons. The van der Waals surface area contributed by atoms with Crippen LogP contribution in [0.25, 0.3) is 0 Å². The van der Waals surface area contributed by atoms with Gasteiger partial charge in [0, 0.05) is 18.3 Å². The number of nitrogens with two attached hydrogens (primary N) is 1. The standard InChI is InChI=1S/C7H6ClF3N2O/c8-5-1-4(2-12)6(13-3-5)14-7(9,10)11/h1,3H,2,12H2. The van der Waals surface area contributed by atoms with Crippen molar-refractivity contribution in [1.29, 1.82) is 0 Å². The van der Waals surface area contributed by atoms with Gasteiger partial charge in [-0.1, -0.05) is 11.6 Å². The molecule has 0 amide bonds. The van der Waals surface area contributed by atoms with Crippen LogP contribution in [0.15, 0.2) is 12.3 Å². The molecule has 14 heavy (non-hydrogen) atoms. The lowest BCUT2D eigenvalue weighted by atomic mass is 10.3. The number of alkyl halides is 3. The summed E-state index contributed by atoms with van der Waals surface area (Å²) in [6.45, 7) is -0.126. The summed E-state index contributed by atoms with van der Waals surface area (Å²) in [7, 11) is 0. The normalized spacial score (nSPS) is 11.5. The number of rotatable bonds is 2. The van der Waals surface area contributed by atoms with Gasteiger partial charge in [-0.25, -0.2) is 4.98 Å². The molecule has 3 nitrogen and oxygen atoms in total. The molecular formula is C7H6ClF3N2O. The lowest BCUT2D eigenvalue weighted by Gasteiger charge is -2.10. The minimum absolute atomic E-state index is 0.106. The van der Waals surface area contributed by atoms with Crippen molar-refractivity contribution in [1.82, 2.24) is 4.98 Å². The number of hydrogen-bond acceptors (Lipinski definition) is 3. The Morgan fingerprint density at radius 1 is 1.50 bits per heavy atom. The Labute approximate surface area is 82.6 Å². The van der Waals surface area contributed by atoms with E-state index in [9.17, 15) is 13.2 Å². The molecule has 1 heterocycles. The predicted molar refractivity (Wildman–Crippen MR) is 43.8 cm³/mol. The van der Waals surface area contributed by atoms with E-state index < -0.39 is 12.2 Å². The van der Waals surface area contributed by atoms with Crippen LogP contribution in [0.1, 0.15) is 5.56 Å². The van der Waals surface area contributed by atoms with Gasteiger partial charge in [-0.2, -0.15) is 0 Å². The molecule has 0 aromatic carbocycles. The van der Waals surface area contributed by atoms with Crippen molar-refractivity contribution < 1.29 is 17.9 Å². The molecule has 0 bridgehead atoms. The molecule has 0 aliphatic rings.